The van der Waals surface area contributed by atoms with Gasteiger partial charge in [0.25, 0.3) is 0 Å². The third-order valence-electron chi connectivity index (χ3n) is 6.94. The van der Waals surface area contributed by atoms with Crippen molar-refractivity contribution in [2.45, 2.75) is 45.6 Å². The van der Waals surface area contributed by atoms with Crippen LogP contribution in [0.3, 0.4) is 0 Å². The summed E-state index contributed by atoms with van der Waals surface area (Å²) in [5.41, 5.74) is 5.25. The van der Waals surface area contributed by atoms with Crippen LogP contribution in [0.5, 0.6) is 5.75 Å². The van der Waals surface area contributed by atoms with E-state index in [4.69, 9.17) is 34.2 Å². The minimum atomic E-state index is 0.0772. The number of anilines is 2. The van der Waals surface area contributed by atoms with Crippen LogP contribution in [0.1, 0.15) is 48.2 Å². The summed E-state index contributed by atoms with van der Waals surface area (Å²) in [6.07, 6.45) is 2.92. The molecule has 4 heterocycles. The van der Waals surface area contributed by atoms with E-state index in [9.17, 15) is 0 Å². The van der Waals surface area contributed by atoms with Crippen molar-refractivity contribution >= 4 is 33.6 Å². The van der Waals surface area contributed by atoms with E-state index in [1.165, 1.54) is 12.8 Å². The summed E-state index contributed by atoms with van der Waals surface area (Å²) < 4.78 is 18.8. The van der Waals surface area contributed by atoms with E-state index in [1.807, 2.05) is 37.7 Å². The second kappa shape index (κ2) is 9.73. The van der Waals surface area contributed by atoms with Gasteiger partial charge in [-0.05, 0) is 45.2 Å². The summed E-state index contributed by atoms with van der Waals surface area (Å²) in [4.78, 5) is 13.1. The first-order chi connectivity index (χ1) is 18.5. The van der Waals surface area contributed by atoms with Crippen molar-refractivity contribution in [2.75, 3.05) is 25.6 Å². The molecule has 0 saturated heterocycles. The van der Waals surface area contributed by atoms with E-state index >= 15 is 0 Å². The molecule has 6 rings (SSSR count). The van der Waals surface area contributed by atoms with Crippen LogP contribution in [-0.4, -0.2) is 55.3 Å². The van der Waals surface area contributed by atoms with Crippen LogP contribution in [0.25, 0.3) is 33.1 Å². The highest BCUT2D eigenvalue weighted by Gasteiger charge is 2.27. The molecule has 1 aliphatic rings. The summed E-state index contributed by atoms with van der Waals surface area (Å²) in [5, 5.41) is 23.2. The molecule has 198 valence electrons. The Labute approximate surface area is 219 Å². The number of aliphatic hydroxyl groups is 1. The molecule has 11 nitrogen and oxygen atoms in total. The van der Waals surface area contributed by atoms with Crippen LogP contribution in [-0.2, 0) is 18.4 Å². The number of aliphatic hydroxyl groups excluding tert-OH is 1. The molecule has 3 N–H and O–H groups in total. The quantitative estimate of drug-likeness (QED) is 0.226. The SMILES string of the molecule is COc1cc2c(cc1-c1c(C)noc1C)[nH]c1nc(COCCCO)nc(Nc3cc(C4CC4)nn3C)c12. The summed E-state index contributed by atoms with van der Waals surface area (Å²) in [6.45, 7) is 4.55. The molecule has 0 aliphatic heterocycles. The molecular formula is C27H31N7O4. The fourth-order valence-electron chi connectivity index (χ4n) is 4.89. The second-order valence-corrected chi connectivity index (χ2v) is 9.74. The zero-order valence-corrected chi connectivity index (χ0v) is 22.0. The summed E-state index contributed by atoms with van der Waals surface area (Å²) >= 11 is 0. The maximum Gasteiger partial charge on any atom is 0.158 e. The van der Waals surface area contributed by atoms with E-state index in [0.717, 1.165) is 50.4 Å². The maximum atomic E-state index is 9.08. The zero-order valence-electron chi connectivity index (χ0n) is 22.0. The van der Waals surface area contributed by atoms with Crippen LogP contribution in [0.15, 0.2) is 22.7 Å². The van der Waals surface area contributed by atoms with Gasteiger partial charge in [-0.25, -0.2) is 9.97 Å². The molecule has 1 aromatic carbocycles. The van der Waals surface area contributed by atoms with E-state index in [2.05, 4.69) is 21.5 Å². The number of rotatable bonds is 10. The van der Waals surface area contributed by atoms with Gasteiger partial charge in [0, 0.05) is 48.7 Å². The van der Waals surface area contributed by atoms with Crippen LogP contribution < -0.4 is 10.1 Å². The molecule has 1 saturated carbocycles. The Balaban J connectivity index is 1.49. The maximum absolute atomic E-state index is 9.08. The molecule has 1 aliphatic carbocycles. The topological polar surface area (TPSA) is 136 Å². The van der Waals surface area contributed by atoms with Crippen LogP contribution in [0.4, 0.5) is 11.6 Å². The molecule has 4 aromatic heterocycles. The summed E-state index contributed by atoms with van der Waals surface area (Å²) in [7, 11) is 3.59. The van der Waals surface area contributed by atoms with Crippen molar-refractivity contribution in [3.05, 3.63) is 41.2 Å². The van der Waals surface area contributed by atoms with Crippen molar-refractivity contribution < 1.29 is 19.1 Å². The van der Waals surface area contributed by atoms with Crippen molar-refractivity contribution in [2.24, 2.45) is 7.05 Å². The number of ether oxygens (including phenoxy) is 2. The van der Waals surface area contributed by atoms with Gasteiger partial charge in [0.15, 0.2) is 5.82 Å². The number of aromatic amines is 1. The van der Waals surface area contributed by atoms with E-state index in [1.54, 1.807) is 7.11 Å². The van der Waals surface area contributed by atoms with Crippen LogP contribution in [0.2, 0.25) is 0 Å². The van der Waals surface area contributed by atoms with Gasteiger partial charge in [-0.3, -0.25) is 4.68 Å². The minimum absolute atomic E-state index is 0.0772. The number of benzene rings is 1. The third kappa shape index (κ3) is 4.37. The smallest absolute Gasteiger partial charge is 0.158 e. The van der Waals surface area contributed by atoms with Crippen molar-refractivity contribution in [1.29, 1.82) is 0 Å². The lowest BCUT2D eigenvalue weighted by Crippen LogP contribution is -2.06. The molecule has 1 fully saturated rings. The standard InChI is InChI=1S/C27H31N7O4/c1-14-24(15(2)38-33-14)18-10-20-17(11-21(18)36-4)25-26(28-20)29-22(13-37-9-5-8-35)30-27(25)31-23-12-19(16-6-7-16)32-34(23)3/h10-12,16,35H,5-9,13H2,1-4H3,(H2,28,29,30,31). The fourth-order valence-corrected chi connectivity index (χ4v) is 4.89. The lowest BCUT2D eigenvalue weighted by Gasteiger charge is -2.11. The molecule has 38 heavy (non-hydrogen) atoms. The Bertz CT molecular complexity index is 1610. The Morgan fingerprint density at radius 1 is 1.21 bits per heavy atom. The van der Waals surface area contributed by atoms with Crippen molar-refractivity contribution in [3.63, 3.8) is 0 Å². The number of methoxy groups -OCH3 is 1. The lowest BCUT2D eigenvalue weighted by atomic mass is 10.0. The Morgan fingerprint density at radius 3 is 2.76 bits per heavy atom. The average Bonchev–Trinajstić information content (AvgIpc) is 3.49. The number of H-pyrrole nitrogens is 1. The highest BCUT2D eigenvalue weighted by Crippen LogP contribution is 2.42. The predicted molar refractivity (Wildman–Crippen MR) is 143 cm³/mol. The molecule has 0 amide bonds. The molecule has 0 radical (unpaired) electrons. The predicted octanol–water partition coefficient (Wildman–Crippen LogP) is 4.65. The normalized spacial score (nSPS) is 13.6. The van der Waals surface area contributed by atoms with Gasteiger partial charge in [0.05, 0.1) is 29.4 Å². The molecule has 0 spiro atoms. The molecule has 11 heteroatoms. The van der Waals surface area contributed by atoms with Crippen LogP contribution in [0, 0.1) is 13.8 Å². The monoisotopic (exact) mass is 517 g/mol. The Hall–Kier alpha value is -3.96. The summed E-state index contributed by atoms with van der Waals surface area (Å²) in [6, 6.07) is 6.13. The number of fused-ring (bicyclic) bond motifs is 3. The number of hydrogen-bond donors (Lipinski definition) is 3. The molecule has 5 aromatic rings. The molecular weight excluding hydrogens is 486 g/mol. The van der Waals surface area contributed by atoms with E-state index < -0.39 is 0 Å². The molecule has 0 unspecified atom stereocenters. The Kier molecular flexibility index (Phi) is 6.24. The van der Waals surface area contributed by atoms with Crippen molar-refractivity contribution in [3.8, 4) is 16.9 Å². The van der Waals surface area contributed by atoms with Gasteiger partial charge in [0.2, 0.25) is 0 Å². The van der Waals surface area contributed by atoms with Gasteiger partial charge in [0.1, 0.15) is 35.4 Å². The number of aryl methyl sites for hydroxylation is 3. The minimum Gasteiger partial charge on any atom is -0.496 e. The number of aromatic nitrogens is 6. The highest BCUT2D eigenvalue weighted by atomic mass is 16.5. The third-order valence-corrected chi connectivity index (χ3v) is 6.94. The van der Waals surface area contributed by atoms with Gasteiger partial charge in [-0.2, -0.15) is 5.10 Å². The van der Waals surface area contributed by atoms with E-state index in [0.29, 0.717) is 42.0 Å². The largest absolute Gasteiger partial charge is 0.496 e. The second-order valence-electron chi connectivity index (χ2n) is 9.74. The molecule has 0 atom stereocenters. The highest BCUT2D eigenvalue weighted by molar-refractivity contribution is 6.13. The zero-order chi connectivity index (χ0) is 26.4. The average molecular weight is 518 g/mol. The Morgan fingerprint density at radius 2 is 2.05 bits per heavy atom. The molecule has 0 bridgehead atoms. The van der Waals surface area contributed by atoms with Crippen LogP contribution >= 0.6 is 0 Å². The first-order valence-corrected chi connectivity index (χ1v) is 12.8. The van der Waals surface area contributed by atoms with Gasteiger partial charge in [-0.15, -0.1) is 0 Å². The number of nitrogens with zero attached hydrogens (tertiary/aromatic N) is 5. The van der Waals surface area contributed by atoms with Gasteiger partial charge in [-0.1, -0.05) is 5.16 Å². The van der Waals surface area contributed by atoms with Gasteiger partial charge >= 0.3 is 0 Å². The summed E-state index contributed by atoms with van der Waals surface area (Å²) in [5.74, 6) is 4.01. The lowest BCUT2D eigenvalue weighted by molar-refractivity contribution is 0.0996. The first-order valence-electron chi connectivity index (χ1n) is 12.8. The van der Waals surface area contributed by atoms with Crippen molar-refractivity contribution in [1.82, 2.24) is 29.9 Å². The number of hydrogen-bond acceptors (Lipinski definition) is 9. The first kappa shape index (κ1) is 24.4. The van der Waals surface area contributed by atoms with E-state index in [-0.39, 0.29) is 13.2 Å². The van der Waals surface area contributed by atoms with Gasteiger partial charge < -0.3 is 29.4 Å². The fraction of sp³-hybridized carbons (Fsp3) is 0.407. The number of nitrogens with one attached hydrogen (secondary N) is 2.